The predicted octanol–water partition coefficient (Wildman–Crippen LogP) is 0.999. The molecule has 0 aliphatic carbocycles. The minimum absolute atomic E-state index is 0.0787. The molecule has 2 amide bonds. The Morgan fingerprint density at radius 2 is 1.65 bits per heavy atom. The first-order valence-electron chi connectivity index (χ1n) is 5.71. The van der Waals surface area contributed by atoms with Crippen LogP contribution in [0.1, 0.15) is 26.5 Å². The van der Waals surface area contributed by atoms with Gasteiger partial charge in [-0.1, -0.05) is 0 Å². The number of aryl methyl sites for hydroxylation is 1. The number of amides is 2. The van der Waals surface area contributed by atoms with Crippen LogP contribution in [0.15, 0.2) is 36.7 Å². The Morgan fingerprint density at radius 1 is 1.00 bits per heavy atom. The third-order valence-corrected chi connectivity index (χ3v) is 2.41. The van der Waals surface area contributed by atoms with Crippen LogP contribution in [0.25, 0.3) is 0 Å². The van der Waals surface area contributed by atoms with E-state index < -0.39 is 17.6 Å². The Labute approximate surface area is 114 Å². The summed E-state index contributed by atoms with van der Waals surface area (Å²) >= 11 is 0. The molecule has 7 heteroatoms. The fourth-order valence-corrected chi connectivity index (χ4v) is 1.36. The topological polar surface area (TPSA) is 84.0 Å². The Bertz CT molecular complexity index is 568. The molecule has 6 nitrogen and oxygen atoms in total. The number of nitrogens with one attached hydrogen (secondary N) is 2. The lowest BCUT2D eigenvalue weighted by Gasteiger charge is -2.06. The molecule has 0 bridgehead atoms. The van der Waals surface area contributed by atoms with E-state index in [2.05, 4.69) is 20.8 Å². The number of hydrazine groups is 1. The molecule has 1 heterocycles. The number of hydrogen-bond donors (Lipinski definition) is 2. The standard InChI is InChI=1S/C13H11FN4O2/c1-8-6-16-11(7-15-8)13(20)18-17-12(19)9-2-4-10(14)5-3-9/h2-7H,1H3,(H,17,19)(H,18,20). The quantitative estimate of drug-likeness (QED) is 0.800. The van der Waals surface area contributed by atoms with Crippen LogP contribution in [-0.4, -0.2) is 21.8 Å². The maximum Gasteiger partial charge on any atom is 0.289 e. The maximum absolute atomic E-state index is 12.7. The lowest BCUT2D eigenvalue weighted by atomic mass is 10.2. The molecule has 0 unspecified atom stereocenters. The van der Waals surface area contributed by atoms with E-state index in [0.717, 1.165) is 12.1 Å². The van der Waals surface area contributed by atoms with E-state index in [1.54, 1.807) is 6.92 Å². The molecule has 20 heavy (non-hydrogen) atoms. The number of carbonyl (C=O) groups is 2. The van der Waals surface area contributed by atoms with Crippen molar-refractivity contribution in [1.29, 1.82) is 0 Å². The van der Waals surface area contributed by atoms with Crippen molar-refractivity contribution in [3.63, 3.8) is 0 Å². The largest absolute Gasteiger partial charge is 0.289 e. The summed E-state index contributed by atoms with van der Waals surface area (Å²) in [6, 6.07) is 4.93. The smallest absolute Gasteiger partial charge is 0.267 e. The van der Waals surface area contributed by atoms with Crippen LogP contribution in [0.5, 0.6) is 0 Å². The average Bonchev–Trinajstić information content (AvgIpc) is 2.46. The van der Waals surface area contributed by atoms with Crippen molar-refractivity contribution in [2.45, 2.75) is 6.92 Å². The molecule has 2 N–H and O–H groups in total. The lowest BCUT2D eigenvalue weighted by Crippen LogP contribution is -2.42. The third kappa shape index (κ3) is 3.35. The van der Waals surface area contributed by atoms with Crippen molar-refractivity contribution in [1.82, 2.24) is 20.8 Å². The number of rotatable bonds is 2. The highest BCUT2D eigenvalue weighted by molar-refractivity contribution is 5.98. The molecular weight excluding hydrogens is 263 g/mol. The van der Waals surface area contributed by atoms with Gasteiger partial charge in [-0.05, 0) is 31.2 Å². The van der Waals surface area contributed by atoms with Crippen molar-refractivity contribution in [2.75, 3.05) is 0 Å². The molecule has 2 rings (SSSR count). The van der Waals surface area contributed by atoms with Gasteiger partial charge in [0.15, 0.2) is 0 Å². The monoisotopic (exact) mass is 274 g/mol. The van der Waals surface area contributed by atoms with Crippen LogP contribution in [0, 0.1) is 12.7 Å². The van der Waals surface area contributed by atoms with Crippen LogP contribution < -0.4 is 10.9 Å². The zero-order valence-corrected chi connectivity index (χ0v) is 10.6. The van der Waals surface area contributed by atoms with Crippen molar-refractivity contribution >= 4 is 11.8 Å². The third-order valence-electron chi connectivity index (χ3n) is 2.41. The van der Waals surface area contributed by atoms with Crippen LogP contribution in [-0.2, 0) is 0 Å². The molecule has 0 radical (unpaired) electrons. The SMILES string of the molecule is Cc1cnc(C(=O)NNC(=O)c2ccc(F)cc2)cn1. The minimum atomic E-state index is -0.590. The van der Waals surface area contributed by atoms with Crippen LogP contribution >= 0.6 is 0 Å². The van der Waals surface area contributed by atoms with Crippen molar-refractivity contribution < 1.29 is 14.0 Å². The lowest BCUT2D eigenvalue weighted by molar-refractivity contribution is 0.0843. The van der Waals surface area contributed by atoms with Crippen LogP contribution in [0.3, 0.4) is 0 Å². The van der Waals surface area contributed by atoms with E-state index in [1.165, 1.54) is 24.5 Å². The average molecular weight is 274 g/mol. The van der Waals surface area contributed by atoms with E-state index in [4.69, 9.17) is 0 Å². The molecule has 0 spiro atoms. The normalized spacial score (nSPS) is 9.90. The van der Waals surface area contributed by atoms with E-state index in [-0.39, 0.29) is 11.3 Å². The van der Waals surface area contributed by atoms with E-state index in [0.29, 0.717) is 5.69 Å². The first-order valence-corrected chi connectivity index (χ1v) is 5.71. The van der Waals surface area contributed by atoms with Gasteiger partial charge in [0.25, 0.3) is 11.8 Å². The van der Waals surface area contributed by atoms with E-state index in [1.807, 2.05) is 0 Å². The highest BCUT2D eigenvalue weighted by Crippen LogP contribution is 2.02. The summed E-state index contributed by atoms with van der Waals surface area (Å²) in [5.74, 6) is -1.59. The zero-order valence-electron chi connectivity index (χ0n) is 10.6. The Kier molecular flexibility index (Phi) is 3.99. The van der Waals surface area contributed by atoms with Gasteiger partial charge in [0, 0.05) is 11.8 Å². The Balaban J connectivity index is 1.94. The van der Waals surface area contributed by atoms with Gasteiger partial charge in [-0.3, -0.25) is 25.4 Å². The van der Waals surface area contributed by atoms with Crippen LogP contribution in [0.4, 0.5) is 4.39 Å². The second-order valence-corrected chi connectivity index (χ2v) is 3.96. The first-order chi connectivity index (χ1) is 9.56. The Hall–Kier alpha value is -2.83. The number of benzene rings is 1. The molecule has 2 aromatic rings. The molecule has 0 aliphatic heterocycles. The Morgan fingerprint density at radius 3 is 2.25 bits per heavy atom. The molecule has 0 atom stereocenters. The summed E-state index contributed by atoms with van der Waals surface area (Å²) in [5.41, 5.74) is 5.38. The second kappa shape index (κ2) is 5.87. The second-order valence-electron chi connectivity index (χ2n) is 3.96. The van der Waals surface area contributed by atoms with Gasteiger partial charge in [-0.15, -0.1) is 0 Å². The number of carbonyl (C=O) groups excluding carboxylic acids is 2. The maximum atomic E-state index is 12.7. The fourth-order valence-electron chi connectivity index (χ4n) is 1.36. The van der Waals surface area contributed by atoms with Gasteiger partial charge in [0.05, 0.1) is 11.9 Å². The van der Waals surface area contributed by atoms with Crippen molar-refractivity contribution in [3.05, 3.63) is 59.4 Å². The summed E-state index contributed by atoms with van der Waals surface area (Å²) in [6.45, 7) is 1.74. The molecule has 0 fully saturated rings. The van der Waals surface area contributed by atoms with E-state index in [9.17, 15) is 14.0 Å². The summed E-state index contributed by atoms with van der Waals surface area (Å²) in [4.78, 5) is 31.1. The number of nitrogens with zero attached hydrogens (tertiary/aromatic N) is 2. The molecule has 1 aromatic heterocycles. The van der Waals surface area contributed by atoms with Gasteiger partial charge >= 0.3 is 0 Å². The van der Waals surface area contributed by atoms with Crippen molar-refractivity contribution in [3.8, 4) is 0 Å². The summed E-state index contributed by atoms with van der Waals surface area (Å²) < 4.78 is 12.7. The summed E-state index contributed by atoms with van der Waals surface area (Å²) in [7, 11) is 0. The molecule has 0 aliphatic rings. The molecule has 0 saturated carbocycles. The fraction of sp³-hybridized carbons (Fsp3) is 0.0769. The molecular formula is C13H11FN4O2. The van der Waals surface area contributed by atoms with Gasteiger partial charge in [0.1, 0.15) is 11.5 Å². The molecule has 1 aromatic carbocycles. The van der Waals surface area contributed by atoms with E-state index >= 15 is 0 Å². The molecule has 0 saturated heterocycles. The number of hydrogen-bond acceptors (Lipinski definition) is 4. The van der Waals surface area contributed by atoms with Crippen molar-refractivity contribution in [2.24, 2.45) is 0 Å². The van der Waals surface area contributed by atoms with Gasteiger partial charge < -0.3 is 0 Å². The highest BCUT2D eigenvalue weighted by Gasteiger charge is 2.10. The summed E-state index contributed by atoms with van der Waals surface area (Å²) in [5, 5.41) is 0. The van der Waals surface area contributed by atoms with Gasteiger partial charge in [-0.25, -0.2) is 9.37 Å². The van der Waals surface area contributed by atoms with Gasteiger partial charge in [-0.2, -0.15) is 0 Å². The zero-order chi connectivity index (χ0) is 14.5. The minimum Gasteiger partial charge on any atom is -0.267 e. The highest BCUT2D eigenvalue weighted by atomic mass is 19.1. The molecule has 102 valence electrons. The van der Waals surface area contributed by atoms with Gasteiger partial charge in [0.2, 0.25) is 0 Å². The van der Waals surface area contributed by atoms with Crippen LogP contribution in [0.2, 0.25) is 0 Å². The summed E-state index contributed by atoms with van der Waals surface area (Å²) in [6.07, 6.45) is 2.74. The number of halogens is 1. The number of aromatic nitrogens is 2. The first kappa shape index (κ1) is 13.6. The predicted molar refractivity (Wildman–Crippen MR) is 68.1 cm³/mol.